The fraction of sp³-hybridized carbons (Fsp3) is 0.0500. The Labute approximate surface area is 150 Å². The number of fused-ring (bicyclic) bond motifs is 1. The molecule has 6 nitrogen and oxygen atoms in total. The highest BCUT2D eigenvalue weighted by Crippen LogP contribution is 2.31. The highest BCUT2D eigenvalue weighted by Gasteiger charge is 2.14. The number of nitrogens with one attached hydrogen (secondary N) is 1. The maximum atomic E-state index is 11.3. The predicted octanol–water partition coefficient (Wildman–Crippen LogP) is 3.55. The lowest BCUT2D eigenvalue weighted by atomic mass is 10.1. The lowest BCUT2D eigenvalue weighted by Gasteiger charge is -2.09. The van der Waals surface area contributed by atoms with Crippen molar-refractivity contribution in [2.75, 3.05) is 5.32 Å². The number of primary amides is 1. The summed E-state index contributed by atoms with van der Waals surface area (Å²) in [6.07, 6.45) is 5.30. The number of hydrogen-bond donors (Lipinski definition) is 2. The van der Waals surface area contributed by atoms with Gasteiger partial charge in [-0.3, -0.25) is 14.2 Å². The quantitative estimate of drug-likeness (QED) is 0.593. The van der Waals surface area contributed by atoms with Gasteiger partial charge in [-0.2, -0.15) is 0 Å². The zero-order valence-corrected chi connectivity index (χ0v) is 14.2. The van der Waals surface area contributed by atoms with Crippen LogP contribution in [0.2, 0.25) is 0 Å². The van der Waals surface area contributed by atoms with E-state index in [-0.39, 0.29) is 0 Å². The maximum Gasteiger partial charge on any atom is 0.248 e. The highest BCUT2D eigenvalue weighted by atomic mass is 16.1. The lowest BCUT2D eigenvalue weighted by molar-refractivity contribution is 0.100. The minimum Gasteiger partial charge on any atom is -0.366 e. The first kappa shape index (κ1) is 15.8. The van der Waals surface area contributed by atoms with Crippen LogP contribution in [0, 0.1) is 6.92 Å². The first-order chi connectivity index (χ1) is 12.6. The van der Waals surface area contributed by atoms with Gasteiger partial charge >= 0.3 is 0 Å². The summed E-state index contributed by atoms with van der Waals surface area (Å²) in [7, 11) is 0. The molecule has 0 radical (unpaired) electrons. The van der Waals surface area contributed by atoms with Gasteiger partial charge in [-0.05, 0) is 31.2 Å². The number of carbonyl (C=O) groups excluding carboxylic acids is 1. The summed E-state index contributed by atoms with van der Waals surface area (Å²) in [5, 5.41) is 3.40. The molecule has 0 fully saturated rings. The summed E-state index contributed by atoms with van der Waals surface area (Å²) in [4.78, 5) is 20.1. The molecule has 0 bridgehead atoms. The SMILES string of the molecule is Cc1ccc(-c2nc3cnccn3c2Nc2ccc(C(N)=O)cc2)cc1. The number of anilines is 2. The topological polar surface area (TPSA) is 85.3 Å². The second-order valence-electron chi connectivity index (χ2n) is 6.05. The highest BCUT2D eigenvalue weighted by molar-refractivity contribution is 5.93. The van der Waals surface area contributed by atoms with Gasteiger partial charge in [-0.25, -0.2) is 4.98 Å². The molecule has 2 aromatic heterocycles. The van der Waals surface area contributed by atoms with Gasteiger partial charge in [0.25, 0.3) is 0 Å². The van der Waals surface area contributed by atoms with E-state index in [9.17, 15) is 4.79 Å². The Balaban J connectivity index is 1.81. The molecule has 26 heavy (non-hydrogen) atoms. The van der Waals surface area contributed by atoms with E-state index in [1.54, 1.807) is 24.5 Å². The van der Waals surface area contributed by atoms with Gasteiger partial charge < -0.3 is 11.1 Å². The van der Waals surface area contributed by atoms with E-state index in [1.165, 1.54) is 5.56 Å². The van der Waals surface area contributed by atoms with Crippen molar-refractivity contribution in [1.82, 2.24) is 14.4 Å². The third-order valence-electron chi connectivity index (χ3n) is 4.19. The number of nitrogens with zero attached hydrogens (tertiary/aromatic N) is 3. The fourth-order valence-corrected chi connectivity index (χ4v) is 2.79. The zero-order chi connectivity index (χ0) is 18.1. The number of amides is 1. The number of benzene rings is 2. The molecule has 6 heteroatoms. The third-order valence-corrected chi connectivity index (χ3v) is 4.19. The van der Waals surface area contributed by atoms with Crippen molar-refractivity contribution in [3.8, 4) is 11.3 Å². The van der Waals surface area contributed by atoms with E-state index in [0.29, 0.717) is 5.56 Å². The van der Waals surface area contributed by atoms with Crippen LogP contribution < -0.4 is 11.1 Å². The molecule has 0 aliphatic heterocycles. The van der Waals surface area contributed by atoms with Gasteiger partial charge in [0, 0.05) is 29.2 Å². The molecule has 4 aromatic rings. The van der Waals surface area contributed by atoms with Crippen molar-refractivity contribution in [3.05, 3.63) is 78.2 Å². The summed E-state index contributed by atoms with van der Waals surface area (Å²) in [6, 6.07) is 15.2. The number of hydrogen-bond acceptors (Lipinski definition) is 4. The third kappa shape index (κ3) is 2.88. The van der Waals surface area contributed by atoms with E-state index >= 15 is 0 Å². The Kier molecular flexibility index (Phi) is 3.85. The Bertz CT molecular complexity index is 1080. The zero-order valence-electron chi connectivity index (χ0n) is 14.2. The van der Waals surface area contributed by atoms with Gasteiger partial charge in [0.2, 0.25) is 5.91 Å². The van der Waals surface area contributed by atoms with E-state index < -0.39 is 5.91 Å². The van der Waals surface area contributed by atoms with Crippen LogP contribution >= 0.6 is 0 Å². The van der Waals surface area contributed by atoms with Crippen molar-refractivity contribution in [2.45, 2.75) is 6.92 Å². The van der Waals surface area contributed by atoms with Crippen molar-refractivity contribution in [1.29, 1.82) is 0 Å². The largest absolute Gasteiger partial charge is 0.366 e. The molecule has 0 aliphatic rings. The van der Waals surface area contributed by atoms with Gasteiger partial charge in [-0.15, -0.1) is 0 Å². The molecular weight excluding hydrogens is 326 g/mol. The number of aromatic nitrogens is 3. The second kappa shape index (κ2) is 6.33. The summed E-state index contributed by atoms with van der Waals surface area (Å²) < 4.78 is 1.95. The Morgan fingerprint density at radius 3 is 2.50 bits per heavy atom. The van der Waals surface area contributed by atoms with Crippen LogP contribution in [0.15, 0.2) is 67.1 Å². The number of carbonyl (C=O) groups is 1. The number of aryl methyl sites for hydroxylation is 1. The summed E-state index contributed by atoms with van der Waals surface area (Å²) in [5.74, 6) is 0.385. The summed E-state index contributed by atoms with van der Waals surface area (Å²) in [6.45, 7) is 2.05. The van der Waals surface area contributed by atoms with Crippen molar-refractivity contribution >= 4 is 23.1 Å². The lowest BCUT2D eigenvalue weighted by Crippen LogP contribution is -2.10. The minimum atomic E-state index is -0.447. The van der Waals surface area contributed by atoms with Gasteiger partial charge in [-0.1, -0.05) is 29.8 Å². The molecule has 4 rings (SSSR count). The van der Waals surface area contributed by atoms with Crippen LogP contribution in [0.4, 0.5) is 11.5 Å². The normalized spacial score (nSPS) is 10.8. The van der Waals surface area contributed by atoms with Crippen molar-refractivity contribution in [2.24, 2.45) is 5.73 Å². The molecule has 0 saturated carbocycles. The molecule has 2 aromatic carbocycles. The minimum absolute atomic E-state index is 0.447. The van der Waals surface area contributed by atoms with Crippen LogP contribution in [0.1, 0.15) is 15.9 Å². The van der Waals surface area contributed by atoms with Gasteiger partial charge in [0.15, 0.2) is 5.65 Å². The van der Waals surface area contributed by atoms with Crippen molar-refractivity contribution in [3.63, 3.8) is 0 Å². The molecule has 0 atom stereocenters. The first-order valence-corrected chi connectivity index (χ1v) is 8.18. The number of rotatable bonds is 4. The molecule has 0 spiro atoms. The Morgan fingerprint density at radius 2 is 1.81 bits per heavy atom. The Morgan fingerprint density at radius 1 is 1.08 bits per heavy atom. The molecule has 0 aliphatic carbocycles. The standard InChI is InChI=1S/C20H17N5O/c1-13-2-4-14(5-3-13)18-20(25-11-10-22-12-17(25)24-18)23-16-8-6-15(7-9-16)19(21)26/h2-12,23H,1H3,(H2,21,26). The van der Waals surface area contributed by atoms with Crippen LogP contribution in [0.3, 0.4) is 0 Å². The number of imidazole rings is 1. The summed E-state index contributed by atoms with van der Waals surface area (Å²) >= 11 is 0. The van der Waals surface area contributed by atoms with Gasteiger partial charge in [0.1, 0.15) is 11.5 Å². The molecular formula is C20H17N5O. The molecule has 0 saturated heterocycles. The summed E-state index contributed by atoms with van der Waals surface area (Å²) in [5.41, 5.74) is 10.4. The van der Waals surface area contributed by atoms with E-state index in [2.05, 4.69) is 29.4 Å². The molecule has 3 N–H and O–H groups in total. The maximum absolute atomic E-state index is 11.3. The monoisotopic (exact) mass is 343 g/mol. The second-order valence-corrected chi connectivity index (χ2v) is 6.05. The molecule has 1 amide bonds. The molecule has 0 unspecified atom stereocenters. The fourth-order valence-electron chi connectivity index (χ4n) is 2.79. The van der Waals surface area contributed by atoms with E-state index in [0.717, 1.165) is 28.4 Å². The van der Waals surface area contributed by atoms with E-state index in [4.69, 9.17) is 10.7 Å². The smallest absolute Gasteiger partial charge is 0.248 e. The van der Waals surface area contributed by atoms with Crippen LogP contribution in [0.25, 0.3) is 16.9 Å². The van der Waals surface area contributed by atoms with Crippen LogP contribution in [-0.4, -0.2) is 20.3 Å². The predicted molar refractivity (Wildman–Crippen MR) is 101 cm³/mol. The molecule has 2 heterocycles. The average Bonchev–Trinajstić information content (AvgIpc) is 3.01. The van der Waals surface area contributed by atoms with Crippen molar-refractivity contribution < 1.29 is 4.79 Å². The van der Waals surface area contributed by atoms with E-state index in [1.807, 2.05) is 34.9 Å². The van der Waals surface area contributed by atoms with Crippen LogP contribution in [0.5, 0.6) is 0 Å². The van der Waals surface area contributed by atoms with Crippen LogP contribution in [-0.2, 0) is 0 Å². The molecule has 128 valence electrons. The number of nitrogens with two attached hydrogens (primary N) is 1. The average molecular weight is 343 g/mol. The van der Waals surface area contributed by atoms with Gasteiger partial charge in [0.05, 0.1) is 6.20 Å². The first-order valence-electron chi connectivity index (χ1n) is 8.18. The Hall–Kier alpha value is -3.67.